The van der Waals surface area contributed by atoms with Gasteiger partial charge >= 0.3 is 0 Å². The molecule has 3 aromatic carbocycles. The summed E-state index contributed by atoms with van der Waals surface area (Å²) in [5, 5.41) is 3.06. The van der Waals surface area contributed by atoms with Gasteiger partial charge in [-0.05, 0) is 99.1 Å². The summed E-state index contributed by atoms with van der Waals surface area (Å²) in [6.07, 6.45) is 5.49. The first-order valence-electron chi connectivity index (χ1n) is 14.3. The molecule has 0 unspecified atom stereocenters. The molecule has 1 saturated heterocycles. The average Bonchev–Trinajstić information content (AvgIpc) is 2.95. The molecule has 0 saturated carbocycles. The van der Waals surface area contributed by atoms with E-state index in [1.54, 1.807) is 0 Å². The Balaban J connectivity index is 1.24. The second-order valence-corrected chi connectivity index (χ2v) is 12.3. The van der Waals surface area contributed by atoms with Gasteiger partial charge in [-0.25, -0.2) is 0 Å². The summed E-state index contributed by atoms with van der Waals surface area (Å²) in [6, 6.07) is 22.0. The maximum Gasteiger partial charge on any atom is 0.265 e. The molecule has 6 heteroatoms. The van der Waals surface area contributed by atoms with Gasteiger partial charge in [-0.2, -0.15) is 0 Å². The van der Waals surface area contributed by atoms with Crippen LogP contribution < -0.4 is 10.2 Å². The van der Waals surface area contributed by atoms with Gasteiger partial charge < -0.3 is 15.1 Å². The van der Waals surface area contributed by atoms with Crippen LogP contribution in [0.15, 0.2) is 76.5 Å². The molecule has 2 heterocycles. The number of aryl methyl sites for hydroxylation is 2. The van der Waals surface area contributed by atoms with E-state index >= 15 is 0 Å². The highest BCUT2D eigenvalue weighted by atomic mass is 32.2. The lowest BCUT2D eigenvalue weighted by atomic mass is 10.0. The standard InChI is InChI=1S/C34H39N3O2S/c1-24-11-12-26(3)29(20-24)23-37-30-9-4-5-10-31(30)40-32(34(37)39)21-27-13-15-28(16-14-27)33(38)35-17-7-19-36-18-6-8-25(2)22-36/h4-5,9-16,20-21,25H,6-8,17-19,22-23H2,1-3H3,(H,35,38)/b32-21-/t25-/m1/s1. The van der Waals surface area contributed by atoms with E-state index in [0.717, 1.165) is 40.6 Å². The van der Waals surface area contributed by atoms with E-state index in [2.05, 4.69) is 55.3 Å². The van der Waals surface area contributed by atoms with Crippen LogP contribution in [0, 0.1) is 19.8 Å². The third-order valence-electron chi connectivity index (χ3n) is 7.81. The number of nitrogens with zero attached hydrogens (tertiary/aromatic N) is 2. The third kappa shape index (κ3) is 6.86. The van der Waals surface area contributed by atoms with Gasteiger partial charge in [0.25, 0.3) is 11.8 Å². The van der Waals surface area contributed by atoms with Gasteiger partial charge in [-0.15, -0.1) is 0 Å². The van der Waals surface area contributed by atoms with E-state index in [-0.39, 0.29) is 11.8 Å². The summed E-state index contributed by atoms with van der Waals surface area (Å²) in [5.41, 5.74) is 5.99. The number of benzene rings is 3. The van der Waals surface area contributed by atoms with Gasteiger partial charge in [0.15, 0.2) is 0 Å². The minimum Gasteiger partial charge on any atom is -0.352 e. The fourth-order valence-electron chi connectivity index (χ4n) is 5.54. The molecule has 1 atom stereocenters. The van der Waals surface area contributed by atoms with E-state index in [4.69, 9.17) is 0 Å². The predicted octanol–water partition coefficient (Wildman–Crippen LogP) is 6.84. The van der Waals surface area contributed by atoms with E-state index in [1.807, 2.05) is 53.4 Å². The molecule has 1 fully saturated rings. The van der Waals surface area contributed by atoms with Crippen molar-refractivity contribution in [2.45, 2.75) is 51.5 Å². The first-order valence-corrected chi connectivity index (χ1v) is 15.2. The molecule has 0 bridgehead atoms. The number of piperidine rings is 1. The number of anilines is 1. The minimum absolute atomic E-state index is 0.00507. The number of hydrogen-bond acceptors (Lipinski definition) is 4. The van der Waals surface area contributed by atoms with Crippen LogP contribution in [-0.4, -0.2) is 42.9 Å². The smallest absolute Gasteiger partial charge is 0.265 e. The Kier molecular flexibility index (Phi) is 9.08. The molecule has 208 valence electrons. The lowest BCUT2D eigenvalue weighted by molar-refractivity contribution is -0.114. The molecule has 5 nitrogen and oxygen atoms in total. The van der Waals surface area contributed by atoms with Crippen molar-refractivity contribution in [3.63, 3.8) is 0 Å². The largest absolute Gasteiger partial charge is 0.352 e. The summed E-state index contributed by atoms with van der Waals surface area (Å²) in [4.78, 5) is 32.5. The SMILES string of the molecule is Cc1ccc(C)c(CN2C(=O)/C(=C/c3ccc(C(=O)NCCCN4CCC[C@@H](C)C4)cc3)Sc3ccccc32)c1. The summed E-state index contributed by atoms with van der Waals surface area (Å²) >= 11 is 1.50. The molecule has 2 aliphatic rings. The quantitative estimate of drug-likeness (QED) is 0.245. The van der Waals surface area contributed by atoms with Gasteiger partial charge in [-0.1, -0.05) is 66.7 Å². The van der Waals surface area contributed by atoms with Crippen LogP contribution >= 0.6 is 11.8 Å². The lowest BCUT2D eigenvalue weighted by Gasteiger charge is -2.31. The number of fused-ring (bicyclic) bond motifs is 1. The molecular formula is C34H39N3O2S. The topological polar surface area (TPSA) is 52.7 Å². The highest BCUT2D eigenvalue weighted by Gasteiger charge is 2.29. The molecule has 5 rings (SSSR count). The summed E-state index contributed by atoms with van der Waals surface area (Å²) in [7, 11) is 0. The van der Waals surface area contributed by atoms with Gasteiger partial charge in [0.05, 0.1) is 17.1 Å². The van der Waals surface area contributed by atoms with Crippen molar-refractivity contribution in [2.24, 2.45) is 5.92 Å². The molecule has 0 aromatic heterocycles. The van der Waals surface area contributed by atoms with Crippen LogP contribution in [0.2, 0.25) is 0 Å². The first kappa shape index (κ1) is 28.2. The Bertz CT molecular complexity index is 1400. The summed E-state index contributed by atoms with van der Waals surface area (Å²) in [6.45, 7) is 11.1. The van der Waals surface area contributed by atoms with Crippen LogP contribution in [0.5, 0.6) is 0 Å². The van der Waals surface area contributed by atoms with Crippen molar-refractivity contribution < 1.29 is 9.59 Å². The second kappa shape index (κ2) is 12.9. The van der Waals surface area contributed by atoms with Gasteiger partial charge in [-0.3, -0.25) is 9.59 Å². The molecule has 2 aliphatic heterocycles. The summed E-state index contributed by atoms with van der Waals surface area (Å²) in [5.74, 6) is 0.715. The number of thioether (sulfide) groups is 1. The first-order chi connectivity index (χ1) is 19.4. The number of rotatable bonds is 8. The maximum absolute atomic E-state index is 13.7. The normalized spacial score (nSPS) is 18.6. The van der Waals surface area contributed by atoms with Crippen LogP contribution in [-0.2, 0) is 11.3 Å². The molecule has 0 aliphatic carbocycles. The Labute approximate surface area is 242 Å². The van der Waals surface area contributed by atoms with Gasteiger partial charge in [0.2, 0.25) is 0 Å². The van der Waals surface area contributed by atoms with Crippen LogP contribution in [0.4, 0.5) is 5.69 Å². The zero-order valence-corrected chi connectivity index (χ0v) is 24.6. The van der Waals surface area contributed by atoms with Crippen molar-refractivity contribution in [1.29, 1.82) is 0 Å². The van der Waals surface area contributed by atoms with Crippen molar-refractivity contribution in [2.75, 3.05) is 31.1 Å². The summed E-state index contributed by atoms with van der Waals surface area (Å²) < 4.78 is 0. The van der Waals surface area contributed by atoms with Crippen LogP contribution in [0.1, 0.15) is 58.8 Å². The Morgan fingerprint density at radius 1 is 1.07 bits per heavy atom. The van der Waals surface area contributed by atoms with Crippen LogP contribution in [0.25, 0.3) is 6.08 Å². The Morgan fingerprint density at radius 3 is 2.67 bits per heavy atom. The minimum atomic E-state index is -0.0528. The second-order valence-electron chi connectivity index (χ2n) is 11.2. The molecule has 40 heavy (non-hydrogen) atoms. The monoisotopic (exact) mass is 553 g/mol. The van der Waals surface area contributed by atoms with E-state index < -0.39 is 0 Å². The molecule has 3 aromatic rings. The number of para-hydroxylation sites is 1. The number of amides is 2. The third-order valence-corrected chi connectivity index (χ3v) is 8.89. The van der Waals surface area contributed by atoms with Crippen molar-refractivity contribution in [3.8, 4) is 0 Å². The lowest BCUT2D eigenvalue weighted by Crippen LogP contribution is -2.36. The molecule has 0 spiro atoms. The molecular weight excluding hydrogens is 514 g/mol. The van der Waals surface area contributed by atoms with Crippen molar-refractivity contribution in [3.05, 3.63) is 99.5 Å². The fraction of sp³-hybridized carbons (Fsp3) is 0.353. The number of nitrogens with one attached hydrogen (secondary N) is 1. The highest BCUT2D eigenvalue weighted by molar-refractivity contribution is 8.04. The van der Waals surface area contributed by atoms with E-state index in [0.29, 0.717) is 23.6 Å². The maximum atomic E-state index is 13.7. The highest BCUT2D eigenvalue weighted by Crippen LogP contribution is 2.42. The molecule has 0 radical (unpaired) electrons. The Hall–Kier alpha value is -3.35. The van der Waals surface area contributed by atoms with Gasteiger partial charge in [0.1, 0.15) is 0 Å². The predicted molar refractivity (Wildman–Crippen MR) is 166 cm³/mol. The van der Waals surface area contributed by atoms with E-state index in [9.17, 15) is 9.59 Å². The number of hydrogen-bond donors (Lipinski definition) is 1. The number of carbonyl (C=O) groups is 2. The van der Waals surface area contributed by atoms with Crippen molar-refractivity contribution >= 4 is 35.3 Å². The molecule has 1 N–H and O–H groups in total. The molecule has 2 amide bonds. The fourth-order valence-corrected chi connectivity index (χ4v) is 6.60. The zero-order chi connectivity index (χ0) is 28.1. The van der Waals surface area contributed by atoms with E-state index in [1.165, 1.54) is 48.8 Å². The van der Waals surface area contributed by atoms with Crippen molar-refractivity contribution in [1.82, 2.24) is 10.2 Å². The average molecular weight is 554 g/mol. The Morgan fingerprint density at radius 2 is 1.88 bits per heavy atom. The van der Waals surface area contributed by atoms with Gasteiger partial charge in [0, 0.05) is 23.5 Å². The number of carbonyl (C=O) groups excluding carboxylic acids is 2. The zero-order valence-electron chi connectivity index (χ0n) is 23.8. The number of likely N-dealkylation sites (tertiary alicyclic amines) is 1. The van der Waals surface area contributed by atoms with Crippen LogP contribution in [0.3, 0.4) is 0 Å².